The van der Waals surface area contributed by atoms with Crippen molar-refractivity contribution in [3.8, 4) is 0 Å². The largest absolute Gasteiger partial charge is 0.770 e. The Kier molecular flexibility index (Phi) is 4.58. The summed E-state index contributed by atoms with van der Waals surface area (Å²) in [6, 6.07) is -0.0960. The van der Waals surface area contributed by atoms with Crippen molar-refractivity contribution in [3.63, 3.8) is 0 Å². The minimum absolute atomic E-state index is 0.0480. The van der Waals surface area contributed by atoms with Gasteiger partial charge in [-0.2, -0.15) is 0 Å². The molecule has 2 saturated carbocycles. The molecule has 0 spiro atoms. The Morgan fingerprint density at radius 3 is 1.69 bits per heavy atom. The third-order valence-electron chi connectivity index (χ3n) is 3.97. The van der Waals surface area contributed by atoms with Crippen LogP contribution in [0.25, 0.3) is 0 Å². The third kappa shape index (κ3) is 2.94. The van der Waals surface area contributed by atoms with Gasteiger partial charge >= 0.3 is 0 Å². The maximum absolute atomic E-state index is 11.9. The molecule has 0 unspecified atom stereocenters. The predicted molar refractivity (Wildman–Crippen MR) is 61.5 cm³/mol. The molecule has 4 nitrogen and oxygen atoms in total. The monoisotopic (exact) mass is 226 g/mol. The van der Waals surface area contributed by atoms with E-state index in [-0.39, 0.29) is 12.1 Å². The van der Waals surface area contributed by atoms with E-state index in [0.29, 0.717) is 0 Å². The van der Waals surface area contributed by atoms with Crippen LogP contribution in [0.1, 0.15) is 64.2 Å². The molecule has 93 valence electrons. The summed E-state index contributed by atoms with van der Waals surface area (Å²) in [4.78, 5) is 0. The van der Waals surface area contributed by atoms with E-state index in [9.17, 15) is 10.4 Å². The lowest BCUT2D eigenvalue weighted by Gasteiger charge is -2.45. The average Bonchev–Trinajstić information content (AvgIpc) is 2.39. The molecule has 2 aliphatic rings. The van der Waals surface area contributed by atoms with Crippen LogP contribution in [0, 0.1) is 5.21 Å². The fraction of sp³-hybridized carbons (Fsp3) is 1.00. The van der Waals surface area contributed by atoms with E-state index in [1.807, 2.05) is 0 Å². The maximum atomic E-state index is 11.9. The highest BCUT2D eigenvalue weighted by molar-refractivity contribution is 4.77. The van der Waals surface area contributed by atoms with Crippen LogP contribution in [0.5, 0.6) is 0 Å². The number of hydroxylamine groups is 2. The van der Waals surface area contributed by atoms with Crippen molar-refractivity contribution in [1.29, 1.82) is 0 Å². The standard InChI is InChI=1S/C12H22N2O2/c15-13(11-7-3-1-4-8-11)14(16)12-9-5-2-6-10-12/h11-12H,1-10H2/q-1. The lowest BCUT2D eigenvalue weighted by atomic mass is 9.94. The van der Waals surface area contributed by atoms with Crippen molar-refractivity contribution in [2.24, 2.45) is 0 Å². The van der Waals surface area contributed by atoms with E-state index in [1.165, 1.54) is 12.8 Å². The topological polar surface area (TPSA) is 49.4 Å². The second-order valence-corrected chi connectivity index (χ2v) is 5.19. The van der Waals surface area contributed by atoms with Crippen LogP contribution in [0.2, 0.25) is 0 Å². The Balaban J connectivity index is 1.84. The summed E-state index contributed by atoms with van der Waals surface area (Å²) in [5.41, 5.74) is 0. The lowest BCUT2D eigenvalue weighted by Crippen LogP contribution is -2.48. The molecule has 16 heavy (non-hydrogen) atoms. The van der Waals surface area contributed by atoms with Gasteiger partial charge in [0, 0.05) is 6.04 Å². The van der Waals surface area contributed by atoms with Crippen LogP contribution in [0.4, 0.5) is 0 Å². The fourth-order valence-electron chi connectivity index (χ4n) is 2.93. The fourth-order valence-corrected chi connectivity index (χ4v) is 2.93. The summed E-state index contributed by atoms with van der Waals surface area (Å²) in [7, 11) is 0. The van der Waals surface area contributed by atoms with Crippen molar-refractivity contribution >= 4 is 0 Å². The average molecular weight is 226 g/mol. The van der Waals surface area contributed by atoms with Crippen LogP contribution in [0.15, 0.2) is 0 Å². The van der Waals surface area contributed by atoms with Crippen LogP contribution < -0.4 is 0 Å². The number of hydrogen-bond acceptors (Lipinski definition) is 3. The molecular weight excluding hydrogens is 204 g/mol. The SMILES string of the molecule is [O]N(C1CCCCC1)N([O-])C1CCCCC1. The van der Waals surface area contributed by atoms with Gasteiger partial charge in [-0.1, -0.05) is 43.7 Å². The summed E-state index contributed by atoms with van der Waals surface area (Å²) in [5, 5.41) is 25.3. The zero-order valence-electron chi connectivity index (χ0n) is 9.94. The molecule has 0 N–H and O–H groups in total. The molecule has 0 aliphatic heterocycles. The lowest BCUT2D eigenvalue weighted by molar-refractivity contribution is -0.315. The summed E-state index contributed by atoms with van der Waals surface area (Å²) in [6.45, 7) is 0. The third-order valence-corrected chi connectivity index (χ3v) is 3.97. The van der Waals surface area contributed by atoms with Crippen molar-refractivity contribution in [3.05, 3.63) is 5.21 Å². The van der Waals surface area contributed by atoms with Crippen LogP contribution >= 0.6 is 0 Å². The van der Waals surface area contributed by atoms with E-state index < -0.39 is 0 Å². The van der Waals surface area contributed by atoms with Crippen molar-refractivity contribution in [1.82, 2.24) is 10.3 Å². The molecule has 2 aliphatic carbocycles. The normalized spacial score (nSPS) is 25.5. The number of hydrazine groups is 1. The quantitative estimate of drug-likeness (QED) is 0.695. The molecule has 1 radical (unpaired) electrons. The Labute approximate surface area is 97.7 Å². The number of hydrogen-bond donors (Lipinski definition) is 0. The molecule has 0 bridgehead atoms. The van der Waals surface area contributed by atoms with Crippen molar-refractivity contribution < 1.29 is 5.21 Å². The minimum atomic E-state index is -0.0480. The number of rotatable bonds is 3. The smallest absolute Gasteiger partial charge is 0.0536 e. The molecular formula is C12H22N2O2-. The van der Waals surface area contributed by atoms with Gasteiger partial charge in [0.15, 0.2) is 0 Å². The van der Waals surface area contributed by atoms with Gasteiger partial charge in [-0.25, -0.2) is 0 Å². The van der Waals surface area contributed by atoms with Gasteiger partial charge in [0.2, 0.25) is 0 Å². The van der Waals surface area contributed by atoms with Gasteiger partial charge in [-0.05, 0) is 25.7 Å². The zero-order chi connectivity index (χ0) is 11.4. The highest BCUT2D eigenvalue weighted by Gasteiger charge is 2.26. The zero-order valence-corrected chi connectivity index (χ0v) is 9.94. The van der Waals surface area contributed by atoms with Crippen LogP contribution in [-0.2, 0) is 5.21 Å². The van der Waals surface area contributed by atoms with Gasteiger partial charge in [0.25, 0.3) is 0 Å². The Morgan fingerprint density at radius 1 is 0.750 bits per heavy atom. The Morgan fingerprint density at radius 2 is 1.19 bits per heavy atom. The van der Waals surface area contributed by atoms with E-state index >= 15 is 0 Å². The first-order valence-corrected chi connectivity index (χ1v) is 6.71. The first-order chi connectivity index (χ1) is 7.79. The van der Waals surface area contributed by atoms with Crippen LogP contribution in [0.3, 0.4) is 0 Å². The summed E-state index contributed by atoms with van der Waals surface area (Å²) < 4.78 is 0. The van der Waals surface area contributed by atoms with Gasteiger partial charge in [0.1, 0.15) is 0 Å². The summed E-state index contributed by atoms with van der Waals surface area (Å²) in [6.07, 6.45) is 10.4. The molecule has 0 aromatic carbocycles. The van der Waals surface area contributed by atoms with E-state index in [0.717, 1.165) is 61.7 Å². The van der Waals surface area contributed by atoms with E-state index in [1.54, 1.807) is 0 Å². The molecule has 0 amide bonds. The minimum Gasteiger partial charge on any atom is -0.770 e. The summed E-state index contributed by atoms with van der Waals surface area (Å²) in [5.74, 6) is 0. The van der Waals surface area contributed by atoms with Gasteiger partial charge in [0.05, 0.1) is 6.04 Å². The molecule has 0 aromatic heterocycles. The summed E-state index contributed by atoms with van der Waals surface area (Å²) >= 11 is 0. The van der Waals surface area contributed by atoms with Gasteiger partial charge in [-0.15, -0.1) is 5.21 Å². The molecule has 0 saturated heterocycles. The molecule has 2 rings (SSSR count). The van der Waals surface area contributed by atoms with Crippen LogP contribution in [-0.4, -0.2) is 22.4 Å². The Bertz CT molecular complexity index is 179. The highest BCUT2D eigenvalue weighted by atomic mass is 16.7. The van der Waals surface area contributed by atoms with E-state index in [4.69, 9.17) is 0 Å². The van der Waals surface area contributed by atoms with Crippen molar-refractivity contribution in [2.75, 3.05) is 0 Å². The van der Waals surface area contributed by atoms with Gasteiger partial charge < -0.3 is 5.21 Å². The first-order valence-electron chi connectivity index (χ1n) is 6.71. The molecule has 0 aromatic rings. The molecule has 4 heteroatoms. The maximum Gasteiger partial charge on any atom is 0.0536 e. The molecule has 2 fully saturated rings. The second-order valence-electron chi connectivity index (χ2n) is 5.19. The molecule has 0 atom stereocenters. The predicted octanol–water partition coefficient (Wildman–Crippen LogP) is 3.01. The second kappa shape index (κ2) is 5.96. The van der Waals surface area contributed by atoms with Crippen molar-refractivity contribution in [2.45, 2.75) is 76.3 Å². The van der Waals surface area contributed by atoms with E-state index in [2.05, 4.69) is 0 Å². The van der Waals surface area contributed by atoms with Gasteiger partial charge in [-0.3, -0.25) is 5.17 Å². The Hall–Kier alpha value is -0.160. The highest BCUT2D eigenvalue weighted by Crippen LogP contribution is 2.27. The molecule has 0 heterocycles. The first kappa shape index (κ1) is 12.3. The number of nitrogens with zero attached hydrogens (tertiary/aromatic N) is 2.